The molecule has 34 heavy (non-hydrogen) atoms. The van der Waals surface area contributed by atoms with Gasteiger partial charge >= 0.3 is 0 Å². The van der Waals surface area contributed by atoms with Crippen molar-refractivity contribution in [2.75, 3.05) is 61.5 Å². The topological polar surface area (TPSA) is 82.6 Å². The second-order valence-electron chi connectivity index (χ2n) is 8.65. The summed E-state index contributed by atoms with van der Waals surface area (Å²) in [7, 11) is 0. The molecule has 1 aromatic heterocycles. The number of hydrogen-bond acceptors (Lipinski definition) is 7. The first kappa shape index (κ1) is 22.3. The van der Waals surface area contributed by atoms with E-state index in [1.165, 1.54) is 18.5 Å². The first-order valence-corrected chi connectivity index (χ1v) is 11.9. The molecule has 176 valence electrons. The molecule has 0 spiro atoms. The van der Waals surface area contributed by atoms with Crippen LogP contribution in [0.5, 0.6) is 0 Å². The lowest BCUT2D eigenvalue weighted by atomic mass is 10.1. The molecule has 1 amide bonds. The van der Waals surface area contributed by atoms with E-state index in [0.29, 0.717) is 12.5 Å². The first-order chi connectivity index (χ1) is 16.7. The fourth-order valence-corrected chi connectivity index (χ4v) is 4.35. The molecule has 0 radical (unpaired) electrons. The molecule has 0 unspecified atom stereocenters. The molecule has 2 aromatic carbocycles. The molecule has 2 aliphatic heterocycles. The van der Waals surface area contributed by atoms with Gasteiger partial charge in [0.05, 0.1) is 25.5 Å². The summed E-state index contributed by atoms with van der Waals surface area (Å²) >= 11 is 0. The van der Waals surface area contributed by atoms with Crippen LogP contribution in [0.25, 0.3) is 11.3 Å². The average molecular weight is 459 g/mol. The van der Waals surface area contributed by atoms with Crippen molar-refractivity contribution in [2.24, 2.45) is 0 Å². The third kappa shape index (κ3) is 5.70. The molecule has 0 atom stereocenters. The molecule has 8 heteroatoms. The van der Waals surface area contributed by atoms with Gasteiger partial charge in [-0.2, -0.15) is 0 Å². The number of nitrogens with zero attached hydrogens (tertiary/aromatic N) is 4. The highest BCUT2D eigenvalue weighted by Gasteiger charge is 2.15. The minimum Gasteiger partial charge on any atom is -0.378 e. The summed E-state index contributed by atoms with van der Waals surface area (Å²) in [5.41, 5.74) is 4.70. The van der Waals surface area contributed by atoms with Crippen LogP contribution < -0.4 is 15.5 Å². The highest BCUT2D eigenvalue weighted by Crippen LogP contribution is 2.23. The highest BCUT2D eigenvalue weighted by atomic mass is 16.5. The largest absolute Gasteiger partial charge is 0.378 e. The van der Waals surface area contributed by atoms with E-state index in [9.17, 15) is 4.79 Å². The van der Waals surface area contributed by atoms with Crippen molar-refractivity contribution in [1.29, 1.82) is 0 Å². The summed E-state index contributed by atoms with van der Waals surface area (Å²) in [6, 6.07) is 17.9. The highest BCUT2D eigenvalue weighted by molar-refractivity contribution is 5.92. The van der Waals surface area contributed by atoms with Gasteiger partial charge in [0.2, 0.25) is 11.9 Å². The molecule has 2 saturated heterocycles. The summed E-state index contributed by atoms with van der Waals surface area (Å²) in [4.78, 5) is 25.8. The van der Waals surface area contributed by atoms with Gasteiger partial charge in [-0.05, 0) is 68.4 Å². The maximum atomic E-state index is 12.3. The number of anilines is 4. The molecule has 2 N–H and O–H groups in total. The Hall–Kier alpha value is -3.49. The Morgan fingerprint density at radius 2 is 1.59 bits per heavy atom. The molecule has 3 aromatic rings. The number of likely N-dealkylation sites (tertiary alicyclic amines) is 1. The lowest BCUT2D eigenvalue weighted by Gasteiger charge is -2.28. The van der Waals surface area contributed by atoms with Crippen LogP contribution in [0.4, 0.5) is 23.0 Å². The van der Waals surface area contributed by atoms with Crippen molar-refractivity contribution in [3.8, 4) is 11.3 Å². The van der Waals surface area contributed by atoms with Crippen LogP contribution in [0.15, 0.2) is 60.8 Å². The Kier molecular flexibility index (Phi) is 6.97. The van der Waals surface area contributed by atoms with Gasteiger partial charge in [0.15, 0.2) is 0 Å². The van der Waals surface area contributed by atoms with Gasteiger partial charge in [-0.3, -0.25) is 9.69 Å². The SMILES string of the molecule is O=C(CN1CCCC1)Nc1ccc(-c2ccnc(Nc3ccc(N4CCOCC4)cc3)n2)cc1. The monoisotopic (exact) mass is 458 g/mol. The van der Waals surface area contributed by atoms with Gasteiger partial charge in [0.1, 0.15) is 0 Å². The fourth-order valence-electron chi connectivity index (χ4n) is 4.35. The molecule has 3 heterocycles. The van der Waals surface area contributed by atoms with E-state index >= 15 is 0 Å². The first-order valence-electron chi connectivity index (χ1n) is 11.9. The number of aromatic nitrogens is 2. The second kappa shape index (κ2) is 10.6. The average Bonchev–Trinajstić information content (AvgIpc) is 3.39. The molecular formula is C26H30N6O2. The Morgan fingerprint density at radius 1 is 0.882 bits per heavy atom. The Morgan fingerprint density at radius 3 is 2.32 bits per heavy atom. The maximum Gasteiger partial charge on any atom is 0.238 e. The van der Waals surface area contributed by atoms with Crippen LogP contribution in [0.1, 0.15) is 12.8 Å². The number of carbonyl (C=O) groups is 1. The van der Waals surface area contributed by atoms with Crippen molar-refractivity contribution >= 4 is 28.9 Å². The van der Waals surface area contributed by atoms with E-state index in [1.54, 1.807) is 6.20 Å². The van der Waals surface area contributed by atoms with Crippen LogP contribution in [0.2, 0.25) is 0 Å². The maximum absolute atomic E-state index is 12.3. The van der Waals surface area contributed by atoms with Crippen molar-refractivity contribution in [1.82, 2.24) is 14.9 Å². The van der Waals surface area contributed by atoms with E-state index in [1.807, 2.05) is 42.5 Å². The number of benzene rings is 2. The molecule has 0 aliphatic carbocycles. The van der Waals surface area contributed by atoms with Crippen LogP contribution in [-0.4, -0.2) is 66.7 Å². The second-order valence-corrected chi connectivity index (χ2v) is 8.65. The molecule has 5 rings (SSSR count). The molecule has 0 bridgehead atoms. The summed E-state index contributed by atoms with van der Waals surface area (Å²) < 4.78 is 5.43. The van der Waals surface area contributed by atoms with E-state index in [2.05, 4.69) is 42.5 Å². The van der Waals surface area contributed by atoms with E-state index in [4.69, 9.17) is 4.74 Å². The minimum atomic E-state index is 0.0304. The number of carbonyl (C=O) groups excluding carboxylic acids is 1. The molecule has 8 nitrogen and oxygen atoms in total. The number of rotatable bonds is 7. The zero-order valence-corrected chi connectivity index (χ0v) is 19.2. The van der Waals surface area contributed by atoms with Crippen LogP contribution in [0.3, 0.4) is 0 Å². The summed E-state index contributed by atoms with van der Waals surface area (Å²) in [6.07, 6.45) is 4.10. The number of nitrogens with one attached hydrogen (secondary N) is 2. The molecule has 2 fully saturated rings. The zero-order chi connectivity index (χ0) is 23.2. The number of amides is 1. The Balaban J connectivity index is 1.20. The lowest BCUT2D eigenvalue weighted by molar-refractivity contribution is -0.117. The molecule has 2 aliphatic rings. The van der Waals surface area contributed by atoms with E-state index in [0.717, 1.165) is 62.0 Å². The third-order valence-electron chi connectivity index (χ3n) is 6.19. The van der Waals surface area contributed by atoms with Crippen LogP contribution in [0, 0.1) is 0 Å². The van der Waals surface area contributed by atoms with Gasteiger partial charge in [0.25, 0.3) is 0 Å². The van der Waals surface area contributed by atoms with Gasteiger partial charge in [-0.1, -0.05) is 12.1 Å². The quantitative estimate of drug-likeness (QED) is 0.558. The van der Waals surface area contributed by atoms with Gasteiger partial charge in [-0.25, -0.2) is 9.97 Å². The number of ether oxygens (including phenoxy) is 1. The summed E-state index contributed by atoms with van der Waals surface area (Å²) in [6.45, 7) is 5.84. The third-order valence-corrected chi connectivity index (χ3v) is 6.19. The van der Waals surface area contributed by atoms with Crippen molar-refractivity contribution < 1.29 is 9.53 Å². The van der Waals surface area contributed by atoms with Crippen molar-refractivity contribution in [3.63, 3.8) is 0 Å². The van der Waals surface area contributed by atoms with Crippen molar-refractivity contribution in [2.45, 2.75) is 12.8 Å². The predicted molar refractivity (Wildman–Crippen MR) is 135 cm³/mol. The summed E-state index contributed by atoms with van der Waals surface area (Å²) in [5.74, 6) is 0.572. The zero-order valence-electron chi connectivity index (χ0n) is 19.2. The van der Waals surface area contributed by atoms with Gasteiger partial charge < -0.3 is 20.3 Å². The standard InChI is InChI=1S/C26H30N6O2/c33-25(19-31-13-1-2-14-31)28-21-5-3-20(4-6-21)24-11-12-27-26(30-24)29-22-7-9-23(10-8-22)32-15-17-34-18-16-32/h3-12H,1-2,13-19H2,(H,28,33)(H,27,29,30). The molecular weight excluding hydrogens is 428 g/mol. The predicted octanol–water partition coefficient (Wildman–Crippen LogP) is 3.76. The number of morpholine rings is 1. The van der Waals surface area contributed by atoms with Crippen LogP contribution in [-0.2, 0) is 9.53 Å². The van der Waals surface area contributed by atoms with E-state index < -0.39 is 0 Å². The van der Waals surface area contributed by atoms with E-state index in [-0.39, 0.29) is 5.91 Å². The summed E-state index contributed by atoms with van der Waals surface area (Å²) in [5, 5.41) is 6.27. The van der Waals surface area contributed by atoms with Gasteiger partial charge in [-0.15, -0.1) is 0 Å². The normalized spacial score (nSPS) is 16.4. The van der Waals surface area contributed by atoms with Crippen molar-refractivity contribution in [3.05, 3.63) is 60.8 Å². The minimum absolute atomic E-state index is 0.0304. The van der Waals surface area contributed by atoms with Crippen LogP contribution >= 0.6 is 0 Å². The fraction of sp³-hybridized carbons (Fsp3) is 0.346. The Bertz CT molecular complexity index is 1090. The molecule has 0 saturated carbocycles. The smallest absolute Gasteiger partial charge is 0.238 e. The Labute approximate surface area is 200 Å². The lowest BCUT2D eigenvalue weighted by Crippen LogP contribution is -2.36. The van der Waals surface area contributed by atoms with Gasteiger partial charge in [0, 0.05) is 41.9 Å². The number of hydrogen-bond donors (Lipinski definition) is 2.